The summed E-state index contributed by atoms with van der Waals surface area (Å²) in [6, 6.07) is 15.0. The van der Waals surface area contributed by atoms with Gasteiger partial charge in [0.15, 0.2) is 0 Å². The molecule has 0 aliphatic carbocycles. The summed E-state index contributed by atoms with van der Waals surface area (Å²) in [7, 11) is 0. The normalized spacial score (nSPS) is 16.5. The summed E-state index contributed by atoms with van der Waals surface area (Å²) in [5.41, 5.74) is 8.91. The summed E-state index contributed by atoms with van der Waals surface area (Å²) < 4.78 is 8.15. The van der Waals surface area contributed by atoms with Crippen LogP contribution in [0.3, 0.4) is 0 Å². The number of rotatable bonds is 8. The number of aryl methyl sites for hydroxylation is 1. The van der Waals surface area contributed by atoms with Crippen LogP contribution in [0.1, 0.15) is 43.0 Å². The van der Waals surface area contributed by atoms with E-state index in [9.17, 15) is 9.90 Å². The molecular formula is C26H31N5O3. The maximum atomic E-state index is 12.2. The Morgan fingerprint density at radius 3 is 2.53 bits per heavy atom. The lowest BCUT2D eigenvalue weighted by atomic mass is 9.94. The third-order valence-corrected chi connectivity index (χ3v) is 6.53. The SMILES string of the molecule is CCn1c(CC(C(=O)O)c2ccc(O[C@H]3CCN(C(C)=N)C3)cc2)cc2ccc(C(=N)N)cc21. The van der Waals surface area contributed by atoms with Crippen molar-refractivity contribution >= 4 is 28.5 Å². The smallest absolute Gasteiger partial charge is 0.311 e. The fourth-order valence-electron chi connectivity index (χ4n) is 4.68. The number of hydrogen-bond donors (Lipinski definition) is 4. The van der Waals surface area contributed by atoms with Crippen LogP contribution in [-0.2, 0) is 17.8 Å². The van der Waals surface area contributed by atoms with Gasteiger partial charge in [-0.05, 0) is 49.1 Å². The molecular weight excluding hydrogens is 430 g/mol. The molecule has 0 spiro atoms. The second-order valence-corrected chi connectivity index (χ2v) is 8.79. The first-order valence-electron chi connectivity index (χ1n) is 11.5. The lowest BCUT2D eigenvalue weighted by Gasteiger charge is -2.18. The van der Waals surface area contributed by atoms with E-state index in [1.165, 1.54) is 0 Å². The molecule has 1 fully saturated rings. The van der Waals surface area contributed by atoms with Crippen molar-refractivity contribution in [2.75, 3.05) is 13.1 Å². The number of carbonyl (C=O) groups is 1. The maximum absolute atomic E-state index is 12.2. The summed E-state index contributed by atoms with van der Waals surface area (Å²) >= 11 is 0. The predicted molar refractivity (Wildman–Crippen MR) is 133 cm³/mol. The van der Waals surface area contributed by atoms with Crippen molar-refractivity contribution in [1.29, 1.82) is 10.8 Å². The Kier molecular flexibility index (Phi) is 6.58. The third-order valence-electron chi connectivity index (χ3n) is 6.53. The van der Waals surface area contributed by atoms with Crippen molar-refractivity contribution in [1.82, 2.24) is 9.47 Å². The number of likely N-dealkylation sites (tertiary alicyclic amines) is 1. The van der Waals surface area contributed by atoms with Gasteiger partial charge >= 0.3 is 5.97 Å². The second kappa shape index (κ2) is 9.59. The van der Waals surface area contributed by atoms with Crippen molar-refractivity contribution in [2.45, 2.75) is 45.3 Å². The zero-order valence-electron chi connectivity index (χ0n) is 19.5. The number of amidine groups is 2. The molecule has 1 aliphatic heterocycles. The zero-order chi connectivity index (χ0) is 24.4. The summed E-state index contributed by atoms with van der Waals surface area (Å²) in [5.74, 6) is -0.303. The summed E-state index contributed by atoms with van der Waals surface area (Å²) in [6.07, 6.45) is 1.24. The summed E-state index contributed by atoms with van der Waals surface area (Å²) in [6.45, 7) is 6.01. The molecule has 2 heterocycles. The highest BCUT2D eigenvalue weighted by Crippen LogP contribution is 2.29. The molecule has 1 aromatic heterocycles. The molecule has 1 unspecified atom stereocenters. The van der Waals surface area contributed by atoms with E-state index >= 15 is 0 Å². The average Bonchev–Trinajstić information content (AvgIpc) is 3.41. The molecule has 2 atom stereocenters. The number of carboxylic acid groups (broad SMARTS) is 1. The largest absolute Gasteiger partial charge is 0.489 e. The summed E-state index contributed by atoms with van der Waals surface area (Å²) in [5, 5.41) is 26.5. The fourth-order valence-corrected chi connectivity index (χ4v) is 4.68. The van der Waals surface area contributed by atoms with Crippen LogP contribution in [-0.4, -0.2) is 51.4 Å². The first-order chi connectivity index (χ1) is 16.3. The van der Waals surface area contributed by atoms with Crippen LogP contribution in [0.15, 0.2) is 48.5 Å². The molecule has 0 bridgehead atoms. The molecule has 5 N–H and O–H groups in total. The van der Waals surface area contributed by atoms with Gasteiger partial charge in [0.1, 0.15) is 17.7 Å². The number of aliphatic carboxylic acids is 1. The highest BCUT2D eigenvalue weighted by molar-refractivity contribution is 5.98. The first-order valence-corrected chi connectivity index (χ1v) is 11.5. The van der Waals surface area contributed by atoms with Gasteiger partial charge in [-0.1, -0.05) is 24.3 Å². The monoisotopic (exact) mass is 461 g/mol. The molecule has 4 rings (SSSR count). The van der Waals surface area contributed by atoms with Gasteiger partial charge in [-0.25, -0.2) is 0 Å². The molecule has 8 heteroatoms. The van der Waals surface area contributed by atoms with Crippen LogP contribution in [0.5, 0.6) is 5.75 Å². The van der Waals surface area contributed by atoms with Gasteiger partial charge in [-0.15, -0.1) is 0 Å². The van der Waals surface area contributed by atoms with Crippen LogP contribution >= 0.6 is 0 Å². The quantitative estimate of drug-likeness (QED) is 0.300. The van der Waals surface area contributed by atoms with Crippen LogP contribution in [0.25, 0.3) is 10.9 Å². The van der Waals surface area contributed by atoms with E-state index in [2.05, 4.69) is 4.57 Å². The van der Waals surface area contributed by atoms with Gasteiger partial charge in [-0.3, -0.25) is 15.6 Å². The highest BCUT2D eigenvalue weighted by Gasteiger charge is 2.25. The molecule has 0 saturated carbocycles. The number of nitrogens with zero attached hydrogens (tertiary/aromatic N) is 2. The zero-order valence-corrected chi connectivity index (χ0v) is 19.5. The Morgan fingerprint density at radius 2 is 1.94 bits per heavy atom. The second-order valence-electron chi connectivity index (χ2n) is 8.79. The maximum Gasteiger partial charge on any atom is 0.311 e. The molecule has 2 aromatic carbocycles. The Hall–Kier alpha value is -3.81. The Bertz CT molecular complexity index is 1230. The van der Waals surface area contributed by atoms with Crippen LogP contribution in [0, 0.1) is 10.8 Å². The van der Waals surface area contributed by atoms with E-state index in [0.29, 0.717) is 36.7 Å². The number of hydrogen-bond acceptors (Lipinski definition) is 4. The number of benzene rings is 2. The topological polar surface area (TPSA) is 128 Å². The Morgan fingerprint density at radius 1 is 1.21 bits per heavy atom. The van der Waals surface area contributed by atoms with E-state index in [1.807, 2.05) is 60.4 Å². The Balaban J connectivity index is 1.54. The van der Waals surface area contributed by atoms with Crippen molar-refractivity contribution in [2.24, 2.45) is 5.73 Å². The van der Waals surface area contributed by atoms with E-state index in [-0.39, 0.29) is 11.9 Å². The van der Waals surface area contributed by atoms with E-state index in [0.717, 1.165) is 35.1 Å². The highest BCUT2D eigenvalue weighted by atomic mass is 16.5. The molecule has 34 heavy (non-hydrogen) atoms. The van der Waals surface area contributed by atoms with Crippen molar-refractivity contribution in [3.63, 3.8) is 0 Å². The van der Waals surface area contributed by atoms with E-state index in [4.69, 9.17) is 21.3 Å². The standard InChI is InChI=1S/C26H31N5O3/c1-3-31-20(12-18-4-5-19(25(28)29)13-24(18)31)14-23(26(32)33)17-6-8-21(9-7-17)34-22-10-11-30(15-22)16(2)27/h4-9,12-13,22-23,27H,3,10-11,14-15H2,1-2H3,(H3,28,29)(H,32,33)/t22-,23?/m0/s1. The van der Waals surface area contributed by atoms with Gasteiger partial charge in [0, 0.05) is 42.7 Å². The number of carboxylic acids is 1. The molecule has 3 aromatic rings. The van der Waals surface area contributed by atoms with Gasteiger partial charge in [0.2, 0.25) is 0 Å². The predicted octanol–water partition coefficient (Wildman–Crippen LogP) is 3.81. The summed E-state index contributed by atoms with van der Waals surface area (Å²) in [4.78, 5) is 14.2. The molecule has 1 aliphatic rings. The molecule has 178 valence electrons. The Labute approximate surface area is 199 Å². The number of fused-ring (bicyclic) bond motifs is 1. The van der Waals surface area contributed by atoms with E-state index < -0.39 is 11.9 Å². The lowest BCUT2D eigenvalue weighted by Crippen LogP contribution is -2.28. The first kappa shape index (κ1) is 23.4. The van der Waals surface area contributed by atoms with Crippen molar-refractivity contribution < 1.29 is 14.6 Å². The number of aromatic nitrogens is 1. The van der Waals surface area contributed by atoms with E-state index in [1.54, 1.807) is 6.92 Å². The van der Waals surface area contributed by atoms with Gasteiger partial charge in [0.25, 0.3) is 0 Å². The average molecular weight is 462 g/mol. The molecule has 0 radical (unpaired) electrons. The number of nitrogens with two attached hydrogens (primary N) is 1. The lowest BCUT2D eigenvalue weighted by molar-refractivity contribution is -0.138. The minimum Gasteiger partial charge on any atom is -0.489 e. The van der Waals surface area contributed by atoms with Crippen LogP contribution in [0.4, 0.5) is 0 Å². The molecule has 0 amide bonds. The fraction of sp³-hybridized carbons (Fsp3) is 0.346. The number of nitrogen functional groups attached to an aromatic ring is 1. The minimum atomic E-state index is -0.876. The van der Waals surface area contributed by atoms with Crippen molar-refractivity contribution in [3.8, 4) is 5.75 Å². The van der Waals surface area contributed by atoms with Gasteiger partial charge in [-0.2, -0.15) is 0 Å². The van der Waals surface area contributed by atoms with Crippen LogP contribution < -0.4 is 10.5 Å². The molecule has 1 saturated heterocycles. The number of nitrogens with one attached hydrogen (secondary N) is 2. The van der Waals surface area contributed by atoms with Gasteiger partial charge < -0.3 is 25.0 Å². The number of ether oxygens (including phenoxy) is 1. The third kappa shape index (κ3) is 4.76. The minimum absolute atomic E-state index is 0.0105. The van der Waals surface area contributed by atoms with Crippen molar-refractivity contribution in [3.05, 3.63) is 65.4 Å². The van der Waals surface area contributed by atoms with Gasteiger partial charge in [0.05, 0.1) is 18.3 Å². The molecule has 8 nitrogen and oxygen atoms in total. The van der Waals surface area contributed by atoms with Crippen LogP contribution in [0.2, 0.25) is 0 Å².